The zero-order valence-electron chi connectivity index (χ0n) is 12.8. The van der Waals surface area contributed by atoms with Gasteiger partial charge in [-0.2, -0.15) is 0 Å². The predicted molar refractivity (Wildman–Crippen MR) is 89.7 cm³/mol. The molecular weight excluding hydrogens is 302 g/mol. The summed E-state index contributed by atoms with van der Waals surface area (Å²) in [4.78, 5) is 1.56. The molecule has 5 heteroatoms. The van der Waals surface area contributed by atoms with Gasteiger partial charge in [0.2, 0.25) is 0 Å². The van der Waals surface area contributed by atoms with Crippen LogP contribution in [0.25, 0.3) is 0 Å². The van der Waals surface area contributed by atoms with Crippen molar-refractivity contribution in [2.75, 3.05) is 12.8 Å². The minimum absolute atomic E-state index is 0.399. The zero-order valence-corrected chi connectivity index (χ0v) is 14.5. The highest BCUT2D eigenvalue weighted by molar-refractivity contribution is 8.00. The number of benzene rings is 1. The van der Waals surface area contributed by atoms with Gasteiger partial charge in [-0.05, 0) is 43.7 Å². The molecule has 2 atom stereocenters. The van der Waals surface area contributed by atoms with Crippen LogP contribution in [0.2, 0.25) is 0 Å². The van der Waals surface area contributed by atoms with E-state index in [-0.39, 0.29) is 0 Å². The van der Waals surface area contributed by atoms with Gasteiger partial charge in [-0.1, -0.05) is 26.2 Å². The van der Waals surface area contributed by atoms with Gasteiger partial charge in [0, 0.05) is 22.4 Å². The lowest BCUT2D eigenvalue weighted by atomic mass is 10.1. The van der Waals surface area contributed by atoms with Crippen LogP contribution >= 0.6 is 11.8 Å². The van der Waals surface area contributed by atoms with Crippen molar-refractivity contribution in [3.05, 3.63) is 24.3 Å². The van der Waals surface area contributed by atoms with Gasteiger partial charge in [-0.25, -0.2) is 8.42 Å². The molecule has 0 radical (unpaired) electrons. The number of hydrogen-bond donors (Lipinski definition) is 1. The van der Waals surface area contributed by atoms with E-state index < -0.39 is 9.84 Å². The minimum Gasteiger partial charge on any atom is -0.313 e. The van der Waals surface area contributed by atoms with Gasteiger partial charge in [-0.3, -0.25) is 0 Å². The minimum atomic E-state index is -3.10. The molecule has 1 N–H and O–H groups in total. The Morgan fingerprint density at radius 2 is 1.81 bits per heavy atom. The summed E-state index contributed by atoms with van der Waals surface area (Å²) in [5.74, 6) is 0. The van der Waals surface area contributed by atoms with Crippen molar-refractivity contribution >= 4 is 21.6 Å². The quantitative estimate of drug-likeness (QED) is 0.841. The number of nitrogens with one attached hydrogen (secondary N) is 1. The normalized spacial score (nSPS) is 23.7. The molecule has 1 fully saturated rings. The molecule has 1 aromatic carbocycles. The summed E-state index contributed by atoms with van der Waals surface area (Å²) in [6, 6.07) is 7.88. The van der Waals surface area contributed by atoms with Gasteiger partial charge in [-0.15, -0.1) is 11.8 Å². The Kier molecular flexibility index (Phi) is 6.14. The average molecular weight is 328 g/mol. The first kappa shape index (κ1) is 16.8. The van der Waals surface area contributed by atoms with E-state index in [1.807, 2.05) is 23.9 Å². The lowest BCUT2D eigenvalue weighted by molar-refractivity contribution is 0.482. The summed E-state index contributed by atoms with van der Waals surface area (Å²) >= 11 is 1.89. The Morgan fingerprint density at radius 1 is 1.14 bits per heavy atom. The Bertz CT molecular complexity index is 540. The maximum Gasteiger partial charge on any atom is 0.175 e. The fourth-order valence-corrected chi connectivity index (χ4v) is 4.80. The lowest BCUT2D eigenvalue weighted by Crippen LogP contribution is -2.37. The van der Waals surface area contributed by atoms with E-state index in [9.17, 15) is 8.42 Å². The molecule has 2 unspecified atom stereocenters. The summed E-state index contributed by atoms with van der Waals surface area (Å²) in [5, 5.41) is 4.19. The Labute approximate surface area is 132 Å². The van der Waals surface area contributed by atoms with Crippen molar-refractivity contribution in [2.45, 2.75) is 60.1 Å². The van der Waals surface area contributed by atoms with Crippen LogP contribution in [0.15, 0.2) is 34.1 Å². The monoisotopic (exact) mass is 327 g/mol. The molecule has 1 saturated carbocycles. The van der Waals surface area contributed by atoms with E-state index in [2.05, 4.69) is 12.2 Å². The lowest BCUT2D eigenvalue weighted by Gasteiger charge is -2.25. The topological polar surface area (TPSA) is 46.2 Å². The van der Waals surface area contributed by atoms with E-state index in [4.69, 9.17) is 0 Å². The molecule has 0 bridgehead atoms. The SMILES string of the molecule is CCNC1CCCCCC1Sc1ccc(S(C)(=O)=O)cc1. The number of hydrogen-bond acceptors (Lipinski definition) is 4. The second-order valence-electron chi connectivity index (χ2n) is 5.70. The van der Waals surface area contributed by atoms with Crippen LogP contribution in [0.4, 0.5) is 0 Å². The van der Waals surface area contributed by atoms with E-state index in [1.165, 1.54) is 38.4 Å². The van der Waals surface area contributed by atoms with Crippen molar-refractivity contribution < 1.29 is 8.42 Å². The maximum atomic E-state index is 11.5. The third-order valence-corrected chi connectivity index (χ3v) is 6.50. The zero-order chi connectivity index (χ0) is 15.3. The summed E-state index contributed by atoms with van der Waals surface area (Å²) in [6.45, 7) is 3.17. The van der Waals surface area contributed by atoms with Crippen LogP contribution < -0.4 is 5.32 Å². The highest BCUT2D eigenvalue weighted by Gasteiger charge is 2.23. The highest BCUT2D eigenvalue weighted by Crippen LogP contribution is 2.33. The molecule has 118 valence electrons. The molecule has 1 aromatic rings. The standard InChI is InChI=1S/C16H25NO2S2/c1-3-17-15-7-5-4-6-8-16(15)20-13-9-11-14(12-10-13)21(2,18)19/h9-12,15-17H,3-8H2,1-2H3. The Hall–Kier alpha value is -0.520. The van der Waals surface area contributed by atoms with Crippen molar-refractivity contribution in [1.29, 1.82) is 0 Å². The van der Waals surface area contributed by atoms with Crippen molar-refractivity contribution in [1.82, 2.24) is 5.32 Å². The third-order valence-electron chi connectivity index (χ3n) is 3.96. The average Bonchev–Trinajstić information content (AvgIpc) is 2.65. The summed E-state index contributed by atoms with van der Waals surface area (Å²) in [7, 11) is -3.10. The fourth-order valence-electron chi connectivity index (χ4n) is 2.85. The van der Waals surface area contributed by atoms with Crippen LogP contribution in [-0.2, 0) is 9.84 Å². The first-order chi connectivity index (χ1) is 10.0. The number of thioether (sulfide) groups is 1. The van der Waals surface area contributed by atoms with Crippen LogP contribution in [0.1, 0.15) is 39.0 Å². The van der Waals surface area contributed by atoms with Crippen molar-refractivity contribution in [3.63, 3.8) is 0 Å². The molecule has 0 spiro atoms. The summed E-state index contributed by atoms with van der Waals surface area (Å²) in [5.41, 5.74) is 0. The van der Waals surface area contributed by atoms with E-state index >= 15 is 0 Å². The second-order valence-corrected chi connectivity index (χ2v) is 9.03. The molecule has 2 rings (SSSR count). The highest BCUT2D eigenvalue weighted by atomic mass is 32.2. The largest absolute Gasteiger partial charge is 0.313 e. The fraction of sp³-hybridized carbons (Fsp3) is 0.625. The summed E-state index contributed by atoms with van der Waals surface area (Å²) < 4.78 is 23.0. The molecule has 0 aromatic heterocycles. The molecule has 0 saturated heterocycles. The second kappa shape index (κ2) is 7.65. The summed E-state index contributed by atoms with van der Waals surface area (Å²) in [6.07, 6.45) is 7.65. The molecular formula is C16H25NO2S2. The first-order valence-electron chi connectivity index (χ1n) is 7.71. The van der Waals surface area contributed by atoms with Gasteiger partial charge in [0.1, 0.15) is 0 Å². The van der Waals surface area contributed by atoms with Crippen molar-refractivity contribution in [3.8, 4) is 0 Å². The van der Waals surface area contributed by atoms with Crippen LogP contribution in [0, 0.1) is 0 Å². The molecule has 1 aliphatic rings. The van der Waals surface area contributed by atoms with Gasteiger partial charge < -0.3 is 5.32 Å². The maximum absolute atomic E-state index is 11.5. The van der Waals surface area contributed by atoms with Crippen LogP contribution in [0.5, 0.6) is 0 Å². The molecule has 3 nitrogen and oxygen atoms in total. The molecule has 0 aliphatic heterocycles. The molecule has 0 heterocycles. The first-order valence-corrected chi connectivity index (χ1v) is 10.5. The van der Waals surface area contributed by atoms with Crippen molar-refractivity contribution in [2.24, 2.45) is 0 Å². The van der Waals surface area contributed by atoms with Gasteiger partial charge in [0.25, 0.3) is 0 Å². The van der Waals surface area contributed by atoms with Crippen LogP contribution in [0.3, 0.4) is 0 Å². The van der Waals surface area contributed by atoms with Gasteiger partial charge >= 0.3 is 0 Å². The van der Waals surface area contributed by atoms with E-state index in [0.29, 0.717) is 16.2 Å². The smallest absolute Gasteiger partial charge is 0.175 e. The van der Waals surface area contributed by atoms with Crippen LogP contribution in [-0.4, -0.2) is 32.5 Å². The van der Waals surface area contributed by atoms with Gasteiger partial charge in [0.15, 0.2) is 9.84 Å². The van der Waals surface area contributed by atoms with Gasteiger partial charge in [0.05, 0.1) is 4.90 Å². The number of sulfone groups is 1. The Balaban J connectivity index is 2.07. The Morgan fingerprint density at radius 3 is 2.43 bits per heavy atom. The molecule has 1 aliphatic carbocycles. The molecule has 0 amide bonds. The predicted octanol–water partition coefficient (Wildman–Crippen LogP) is 3.49. The van der Waals surface area contributed by atoms with E-state index in [1.54, 1.807) is 12.1 Å². The number of rotatable bonds is 5. The third kappa shape index (κ3) is 5.01. The molecule has 21 heavy (non-hydrogen) atoms. The van der Waals surface area contributed by atoms with E-state index in [0.717, 1.165) is 11.4 Å².